The number of nitrogens with one attached hydrogen (secondary N) is 1. The summed E-state index contributed by atoms with van der Waals surface area (Å²) in [5, 5.41) is 3.27. The maximum atomic E-state index is 11.6. The van der Waals surface area contributed by atoms with Gasteiger partial charge in [0.2, 0.25) is 0 Å². The minimum atomic E-state index is -0.152. The number of hydrogen-bond acceptors (Lipinski definition) is 2. The summed E-state index contributed by atoms with van der Waals surface area (Å²) in [6, 6.07) is 7.13. The topological polar surface area (TPSA) is 38.3 Å². The molecule has 1 amide bonds. The zero-order valence-corrected chi connectivity index (χ0v) is 8.75. The quantitative estimate of drug-likeness (QED) is 0.837. The van der Waals surface area contributed by atoms with E-state index >= 15 is 0 Å². The second kappa shape index (κ2) is 4.36. The lowest BCUT2D eigenvalue weighted by molar-refractivity contribution is -0.112. The van der Waals surface area contributed by atoms with Crippen LogP contribution in [0.1, 0.15) is 6.42 Å². The summed E-state index contributed by atoms with van der Waals surface area (Å²) in [7, 11) is 0. The molecule has 0 saturated carbocycles. The fraction of sp³-hybridized carbons (Fsp3) is 0.182. The van der Waals surface area contributed by atoms with Crippen molar-refractivity contribution < 1.29 is 9.53 Å². The van der Waals surface area contributed by atoms with Crippen LogP contribution in [0.4, 0.5) is 5.69 Å². The fourth-order valence-electron chi connectivity index (χ4n) is 1.32. The number of carbonyl (C=O) groups is 1. The molecule has 2 rings (SSSR count). The van der Waals surface area contributed by atoms with Gasteiger partial charge in [-0.1, -0.05) is 23.7 Å². The summed E-state index contributed by atoms with van der Waals surface area (Å²) >= 11 is 5.91. The highest BCUT2D eigenvalue weighted by Gasteiger charge is 2.15. The summed E-state index contributed by atoms with van der Waals surface area (Å²) in [4.78, 5) is 11.6. The average Bonchev–Trinajstić information content (AvgIpc) is 2.74. The van der Waals surface area contributed by atoms with E-state index in [-0.39, 0.29) is 5.91 Å². The van der Waals surface area contributed by atoms with Crippen molar-refractivity contribution in [3.63, 3.8) is 0 Å². The van der Waals surface area contributed by atoms with Gasteiger partial charge in [0, 0.05) is 6.42 Å². The molecule has 1 aliphatic heterocycles. The van der Waals surface area contributed by atoms with Crippen LogP contribution in [-0.2, 0) is 9.53 Å². The predicted octanol–water partition coefficient (Wildman–Crippen LogP) is 2.58. The van der Waals surface area contributed by atoms with E-state index in [0.717, 1.165) is 0 Å². The predicted molar refractivity (Wildman–Crippen MR) is 58.7 cm³/mol. The highest BCUT2D eigenvalue weighted by atomic mass is 35.5. The van der Waals surface area contributed by atoms with Gasteiger partial charge in [0.1, 0.15) is 0 Å². The van der Waals surface area contributed by atoms with E-state index in [1.54, 1.807) is 12.1 Å². The van der Waals surface area contributed by atoms with Crippen molar-refractivity contribution in [3.8, 4) is 0 Å². The molecular weight excluding hydrogens is 214 g/mol. The SMILES string of the molecule is O=C(Nc1ccccc1Cl)C1=COCC1. The van der Waals surface area contributed by atoms with Gasteiger partial charge in [-0.3, -0.25) is 4.79 Å². The Hall–Kier alpha value is -1.48. The molecule has 1 N–H and O–H groups in total. The molecule has 1 aliphatic rings. The molecule has 0 atom stereocenters. The van der Waals surface area contributed by atoms with Gasteiger partial charge >= 0.3 is 0 Å². The number of para-hydroxylation sites is 1. The van der Waals surface area contributed by atoms with Gasteiger partial charge in [-0.15, -0.1) is 0 Å². The molecule has 15 heavy (non-hydrogen) atoms. The molecule has 3 nitrogen and oxygen atoms in total. The Morgan fingerprint density at radius 1 is 1.40 bits per heavy atom. The molecule has 0 saturated heterocycles. The number of carbonyl (C=O) groups excluding carboxylic acids is 1. The van der Waals surface area contributed by atoms with Gasteiger partial charge < -0.3 is 10.1 Å². The van der Waals surface area contributed by atoms with Crippen molar-refractivity contribution in [1.82, 2.24) is 0 Å². The van der Waals surface area contributed by atoms with Gasteiger partial charge in [-0.2, -0.15) is 0 Å². The normalized spacial score (nSPS) is 14.3. The van der Waals surface area contributed by atoms with E-state index in [9.17, 15) is 4.79 Å². The maximum absolute atomic E-state index is 11.6. The molecule has 0 aromatic heterocycles. The molecule has 0 fully saturated rings. The van der Waals surface area contributed by atoms with Crippen molar-refractivity contribution in [2.24, 2.45) is 0 Å². The van der Waals surface area contributed by atoms with Gasteiger partial charge in [-0.05, 0) is 12.1 Å². The van der Waals surface area contributed by atoms with E-state index in [1.165, 1.54) is 6.26 Å². The maximum Gasteiger partial charge on any atom is 0.254 e. The first kappa shape index (κ1) is 10.1. The molecule has 78 valence electrons. The van der Waals surface area contributed by atoms with E-state index < -0.39 is 0 Å². The third-order valence-corrected chi connectivity index (χ3v) is 2.46. The lowest BCUT2D eigenvalue weighted by Gasteiger charge is -2.05. The Bertz CT molecular complexity index is 415. The van der Waals surface area contributed by atoms with Crippen LogP contribution in [0.3, 0.4) is 0 Å². The Morgan fingerprint density at radius 3 is 2.87 bits per heavy atom. The first-order valence-electron chi connectivity index (χ1n) is 4.64. The Kier molecular flexibility index (Phi) is 2.92. The molecule has 0 unspecified atom stereocenters. The van der Waals surface area contributed by atoms with Crippen molar-refractivity contribution in [3.05, 3.63) is 41.1 Å². The zero-order chi connectivity index (χ0) is 10.7. The molecule has 0 spiro atoms. The van der Waals surface area contributed by atoms with Crippen molar-refractivity contribution >= 4 is 23.2 Å². The van der Waals surface area contributed by atoms with Crippen LogP contribution >= 0.6 is 11.6 Å². The van der Waals surface area contributed by atoms with Gasteiger partial charge in [0.25, 0.3) is 5.91 Å². The molecule has 0 bridgehead atoms. The van der Waals surface area contributed by atoms with Crippen LogP contribution < -0.4 is 5.32 Å². The number of halogens is 1. The summed E-state index contributed by atoms with van der Waals surface area (Å²) in [5.41, 5.74) is 1.27. The smallest absolute Gasteiger partial charge is 0.254 e. The molecule has 0 aliphatic carbocycles. The summed E-state index contributed by atoms with van der Waals surface area (Å²) in [5.74, 6) is -0.152. The number of anilines is 1. The van der Waals surface area contributed by atoms with E-state index in [1.807, 2.05) is 12.1 Å². The second-order valence-electron chi connectivity index (χ2n) is 3.20. The minimum Gasteiger partial charge on any atom is -0.500 e. The first-order valence-corrected chi connectivity index (χ1v) is 5.02. The van der Waals surface area contributed by atoms with Crippen LogP contribution in [0.25, 0.3) is 0 Å². The van der Waals surface area contributed by atoms with Crippen molar-refractivity contribution in [1.29, 1.82) is 0 Å². The first-order chi connectivity index (χ1) is 7.27. The van der Waals surface area contributed by atoms with Crippen LogP contribution in [-0.4, -0.2) is 12.5 Å². The second-order valence-corrected chi connectivity index (χ2v) is 3.61. The highest BCUT2D eigenvalue weighted by molar-refractivity contribution is 6.33. The summed E-state index contributed by atoms with van der Waals surface area (Å²) < 4.78 is 4.99. The van der Waals surface area contributed by atoms with Crippen LogP contribution in [0.15, 0.2) is 36.1 Å². The van der Waals surface area contributed by atoms with Crippen LogP contribution in [0.5, 0.6) is 0 Å². The van der Waals surface area contributed by atoms with Gasteiger partial charge in [0.05, 0.1) is 29.2 Å². The average molecular weight is 224 g/mol. The van der Waals surface area contributed by atoms with E-state index in [4.69, 9.17) is 16.3 Å². The standard InChI is InChI=1S/C11H10ClNO2/c12-9-3-1-2-4-10(9)13-11(14)8-5-6-15-7-8/h1-4,7H,5-6H2,(H,13,14). The van der Waals surface area contributed by atoms with E-state index in [0.29, 0.717) is 29.3 Å². The molecule has 1 aromatic carbocycles. The lowest BCUT2D eigenvalue weighted by atomic mass is 10.2. The minimum absolute atomic E-state index is 0.152. The zero-order valence-electron chi connectivity index (χ0n) is 8.00. The molecule has 0 radical (unpaired) electrons. The van der Waals surface area contributed by atoms with Crippen LogP contribution in [0, 0.1) is 0 Å². The van der Waals surface area contributed by atoms with Gasteiger partial charge in [0.15, 0.2) is 0 Å². The van der Waals surface area contributed by atoms with Crippen molar-refractivity contribution in [2.45, 2.75) is 6.42 Å². The highest BCUT2D eigenvalue weighted by Crippen LogP contribution is 2.22. The number of ether oxygens (including phenoxy) is 1. The Balaban J connectivity index is 2.09. The monoisotopic (exact) mass is 223 g/mol. The van der Waals surface area contributed by atoms with Crippen molar-refractivity contribution in [2.75, 3.05) is 11.9 Å². The summed E-state index contributed by atoms with van der Waals surface area (Å²) in [6.45, 7) is 0.575. The lowest BCUT2D eigenvalue weighted by Crippen LogP contribution is -2.13. The van der Waals surface area contributed by atoms with Gasteiger partial charge in [-0.25, -0.2) is 0 Å². The Morgan fingerprint density at radius 2 is 2.20 bits per heavy atom. The number of amides is 1. The molecular formula is C11H10ClNO2. The molecule has 4 heteroatoms. The van der Waals surface area contributed by atoms with E-state index in [2.05, 4.69) is 5.32 Å². The third-order valence-electron chi connectivity index (χ3n) is 2.13. The number of rotatable bonds is 2. The summed E-state index contributed by atoms with van der Waals surface area (Å²) in [6.07, 6.45) is 2.14. The molecule has 1 heterocycles. The third kappa shape index (κ3) is 2.30. The Labute approximate surface area is 92.7 Å². The van der Waals surface area contributed by atoms with Crippen LogP contribution in [0.2, 0.25) is 5.02 Å². The molecule has 1 aromatic rings. The largest absolute Gasteiger partial charge is 0.500 e. The fourth-order valence-corrected chi connectivity index (χ4v) is 1.50. The number of benzene rings is 1. The number of hydrogen-bond donors (Lipinski definition) is 1.